The normalized spacial score (nSPS) is 10.4. The molecule has 2 rings (SSSR count). The molecule has 0 aliphatic heterocycles. The summed E-state index contributed by atoms with van der Waals surface area (Å²) in [5.41, 5.74) is 2.10. The van der Waals surface area contributed by atoms with Gasteiger partial charge in [0.15, 0.2) is 0 Å². The predicted molar refractivity (Wildman–Crippen MR) is 84.9 cm³/mol. The topological polar surface area (TPSA) is 23.5 Å². The van der Waals surface area contributed by atoms with Crippen molar-refractivity contribution in [3.63, 3.8) is 0 Å². The molecule has 0 saturated carbocycles. The third-order valence-electron chi connectivity index (χ3n) is 2.79. The van der Waals surface area contributed by atoms with Gasteiger partial charge in [-0.1, -0.05) is 41.6 Å². The molecule has 0 bridgehead atoms. The number of aliphatic hydroxyl groups excluding tert-OH is 1. The van der Waals surface area contributed by atoms with Crippen LogP contribution >= 0.6 is 22.9 Å². The minimum atomic E-state index is -0.0996. The lowest BCUT2D eigenvalue weighted by molar-refractivity contribution is 0.322. The first-order chi connectivity index (χ1) is 9.69. The second-order valence-electron chi connectivity index (χ2n) is 4.53. The van der Waals surface area contributed by atoms with Crippen LogP contribution in [0.5, 0.6) is 0 Å². The second-order valence-corrected chi connectivity index (χ2v) is 5.93. The van der Waals surface area contributed by atoms with E-state index in [1.165, 1.54) is 4.88 Å². The molecule has 0 atom stereocenters. The fraction of sp³-hybridized carbons (Fsp3) is 0.250. The molecule has 0 spiro atoms. The number of hydrogen-bond acceptors (Lipinski definition) is 3. The highest BCUT2D eigenvalue weighted by molar-refractivity contribution is 7.10. The van der Waals surface area contributed by atoms with E-state index in [-0.39, 0.29) is 6.61 Å². The van der Waals surface area contributed by atoms with Crippen molar-refractivity contribution in [2.24, 2.45) is 0 Å². The van der Waals surface area contributed by atoms with Crippen LogP contribution in [0.4, 0.5) is 0 Å². The third-order valence-corrected chi connectivity index (χ3v) is 4.08. The maximum absolute atomic E-state index is 8.68. The molecule has 0 aliphatic carbocycles. The maximum atomic E-state index is 8.68. The maximum Gasteiger partial charge on any atom is 0.104 e. The van der Waals surface area contributed by atoms with Gasteiger partial charge in [-0.2, -0.15) is 0 Å². The Morgan fingerprint density at radius 1 is 1.30 bits per heavy atom. The van der Waals surface area contributed by atoms with Crippen LogP contribution in [0.3, 0.4) is 0 Å². The number of thiophene rings is 1. The van der Waals surface area contributed by atoms with Crippen molar-refractivity contribution < 1.29 is 5.11 Å². The SMILES string of the molecule is CN(Cc1cc(C#CCO)cs1)Cc1ccccc1Cl. The summed E-state index contributed by atoms with van der Waals surface area (Å²) in [5, 5.41) is 11.5. The van der Waals surface area contributed by atoms with Crippen LogP contribution in [0.15, 0.2) is 35.7 Å². The van der Waals surface area contributed by atoms with Crippen molar-refractivity contribution in [2.45, 2.75) is 13.1 Å². The fourth-order valence-corrected chi connectivity index (χ4v) is 3.00. The van der Waals surface area contributed by atoms with E-state index in [4.69, 9.17) is 16.7 Å². The monoisotopic (exact) mass is 305 g/mol. The van der Waals surface area contributed by atoms with E-state index in [0.717, 1.165) is 29.2 Å². The molecule has 1 aromatic carbocycles. The quantitative estimate of drug-likeness (QED) is 0.875. The zero-order chi connectivity index (χ0) is 14.4. The Morgan fingerprint density at radius 3 is 2.85 bits per heavy atom. The summed E-state index contributed by atoms with van der Waals surface area (Å²) in [6, 6.07) is 9.97. The summed E-state index contributed by atoms with van der Waals surface area (Å²) < 4.78 is 0. The van der Waals surface area contributed by atoms with Gasteiger partial charge in [0.05, 0.1) is 0 Å². The smallest absolute Gasteiger partial charge is 0.104 e. The second kappa shape index (κ2) is 7.47. The van der Waals surface area contributed by atoms with Crippen LogP contribution in [0.2, 0.25) is 5.02 Å². The van der Waals surface area contributed by atoms with Gasteiger partial charge in [-0.15, -0.1) is 11.3 Å². The molecule has 0 saturated heterocycles. The molecule has 2 nitrogen and oxygen atoms in total. The molecule has 1 heterocycles. The van der Waals surface area contributed by atoms with E-state index in [1.807, 2.05) is 29.6 Å². The molecule has 104 valence electrons. The number of halogens is 1. The highest BCUT2D eigenvalue weighted by atomic mass is 35.5. The predicted octanol–water partition coefficient (Wildman–Crippen LogP) is 3.38. The lowest BCUT2D eigenvalue weighted by atomic mass is 10.2. The average Bonchev–Trinajstić information content (AvgIpc) is 2.86. The lowest BCUT2D eigenvalue weighted by Crippen LogP contribution is -2.16. The molecule has 0 amide bonds. The Labute approximate surface area is 128 Å². The summed E-state index contributed by atoms with van der Waals surface area (Å²) in [6.45, 7) is 1.57. The lowest BCUT2D eigenvalue weighted by Gasteiger charge is -2.16. The van der Waals surface area contributed by atoms with E-state index in [2.05, 4.69) is 29.9 Å². The van der Waals surface area contributed by atoms with Gasteiger partial charge in [-0.05, 0) is 24.7 Å². The van der Waals surface area contributed by atoms with E-state index in [0.29, 0.717) is 0 Å². The largest absolute Gasteiger partial charge is 0.384 e. The Hall–Kier alpha value is -1.31. The average molecular weight is 306 g/mol. The minimum absolute atomic E-state index is 0.0996. The standard InChI is InChI=1S/C16H16ClNOS/c1-18(10-14-6-2-3-7-16(14)17)11-15-9-13(12-20-15)5-4-8-19/h2-3,6-7,9,12,19H,8,10-11H2,1H3. The van der Waals surface area contributed by atoms with Crippen LogP contribution < -0.4 is 0 Å². The molecule has 20 heavy (non-hydrogen) atoms. The molecule has 4 heteroatoms. The van der Waals surface area contributed by atoms with Gasteiger partial charge in [0.2, 0.25) is 0 Å². The zero-order valence-electron chi connectivity index (χ0n) is 11.3. The minimum Gasteiger partial charge on any atom is -0.384 e. The molecule has 0 radical (unpaired) electrons. The molecule has 0 unspecified atom stereocenters. The number of rotatable bonds is 4. The summed E-state index contributed by atoms with van der Waals surface area (Å²) in [4.78, 5) is 3.47. The van der Waals surface area contributed by atoms with E-state index in [1.54, 1.807) is 11.3 Å². The highest BCUT2D eigenvalue weighted by Gasteiger charge is 2.06. The Bertz CT molecular complexity index is 627. The fourth-order valence-electron chi connectivity index (χ4n) is 1.91. The van der Waals surface area contributed by atoms with Gasteiger partial charge in [0.1, 0.15) is 6.61 Å². The van der Waals surface area contributed by atoms with Crippen molar-refractivity contribution >= 4 is 22.9 Å². The molecule has 2 aromatic rings. The zero-order valence-corrected chi connectivity index (χ0v) is 12.8. The van der Waals surface area contributed by atoms with Crippen LogP contribution in [0.1, 0.15) is 16.0 Å². The van der Waals surface area contributed by atoms with Crippen LogP contribution in [-0.4, -0.2) is 23.7 Å². The number of benzene rings is 1. The first kappa shape index (κ1) is 15.1. The van der Waals surface area contributed by atoms with E-state index in [9.17, 15) is 0 Å². The van der Waals surface area contributed by atoms with Gasteiger partial charge < -0.3 is 5.11 Å². The molecule has 1 aromatic heterocycles. The van der Waals surface area contributed by atoms with E-state index < -0.39 is 0 Å². The summed E-state index contributed by atoms with van der Waals surface area (Å²) in [5.74, 6) is 5.58. The Kier molecular flexibility index (Phi) is 5.63. The van der Waals surface area contributed by atoms with Gasteiger partial charge >= 0.3 is 0 Å². The van der Waals surface area contributed by atoms with E-state index >= 15 is 0 Å². The van der Waals surface area contributed by atoms with Crippen LogP contribution in [0.25, 0.3) is 0 Å². The first-order valence-electron chi connectivity index (χ1n) is 6.28. The van der Waals surface area contributed by atoms with Crippen molar-refractivity contribution in [2.75, 3.05) is 13.7 Å². The van der Waals surface area contributed by atoms with Gasteiger partial charge in [0.25, 0.3) is 0 Å². The summed E-state index contributed by atoms with van der Waals surface area (Å²) in [7, 11) is 2.07. The van der Waals surface area contributed by atoms with Crippen molar-refractivity contribution in [3.8, 4) is 11.8 Å². The first-order valence-corrected chi connectivity index (χ1v) is 7.54. The van der Waals surface area contributed by atoms with Crippen LogP contribution in [0, 0.1) is 11.8 Å². The Balaban J connectivity index is 1.96. The summed E-state index contributed by atoms with van der Waals surface area (Å²) >= 11 is 7.85. The van der Waals surface area contributed by atoms with Gasteiger partial charge in [0, 0.05) is 33.9 Å². The van der Waals surface area contributed by atoms with Gasteiger partial charge in [-0.3, -0.25) is 4.90 Å². The molecule has 1 N–H and O–H groups in total. The Morgan fingerprint density at radius 2 is 2.10 bits per heavy atom. The van der Waals surface area contributed by atoms with Gasteiger partial charge in [-0.25, -0.2) is 0 Å². The molecule has 0 aliphatic rings. The number of aliphatic hydroxyl groups is 1. The highest BCUT2D eigenvalue weighted by Crippen LogP contribution is 2.19. The van der Waals surface area contributed by atoms with Crippen LogP contribution in [-0.2, 0) is 13.1 Å². The molecular formula is C16H16ClNOS. The molecular weight excluding hydrogens is 290 g/mol. The van der Waals surface area contributed by atoms with Crippen molar-refractivity contribution in [1.29, 1.82) is 0 Å². The van der Waals surface area contributed by atoms with Crippen molar-refractivity contribution in [1.82, 2.24) is 4.90 Å². The summed E-state index contributed by atoms with van der Waals surface area (Å²) in [6.07, 6.45) is 0. The number of nitrogens with zero attached hydrogens (tertiary/aromatic N) is 1. The molecule has 0 fully saturated rings. The third kappa shape index (κ3) is 4.36. The number of hydrogen-bond donors (Lipinski definition) is 1. The van der Waals surface area contributed by atoms with Crippen molar-refractivity contribution in [3.05, 3.63) is 56.7 Å².